The number of fused-ring (bicyclic) bond motifs is 1. The first-order chi connectivity index (χ1) is 14.7. The fourth-order valence-corrected chi connectivity index (χ4v) is 4.47. The number of hydrogen-bond acceptors (Lipinski definition) is 4. The molecule has 0 saturated carbocycles. The molecule has 1 fully saturated rings. The Balaban J connectivity index is 1.41. The summed E-state index contributed by atoms with van der Waals surface area (Å²) in [5.41, 5.74) is 4.49. The van der Waals surface area contributed by atoms with Gasteiger partial charge in [0, 0.05) is 24.3 Å². The van der Waals surface area contributed by atoms with E-state index in [0.29, 0.717) is 12.3 Å². The quantitative estimate of drug-likeness (QED) is 0.740. The summed E-state index contributed by atoms with van der Waals surface area (Å²) in [4.78, 5) is 15.0. The maximum Gasteiger partial charge on any atom is 0.255 e. The number of morpholine rings is 1. The highest BCUT2D eigenvalue weighted by Crippen LogP contribution is 2.46. The minimum absolute atomic E-state index is 0.104. The molecule has 2 aliphatic rings. The van der Waals surface area contributed by atoms with E-state index in [0.717, 1.165) is 44.2 Å². The molecule has 2 aromatic carbocycles. The van der Waals surface area contributed by atoms with Crippen molar-refractivity contribution in [1.82, 2.24) is 4.90 Å². The van der Waals surface area contributed by atoms with E-state index in [9.17, 15) is 4.79 Å². The second-order valence-corrected chi connectivity index (χ2v) is 10.0. The van der Waals surface area contributed by atoms with Gasteiger partial charge in [-0.3, -0.25) is 9.69 Å². The molecule has 166 valence electrons. The standard InChI is InChI=1S/C26H34N2O3/c1-25(2)11-12-26(3,4)23-17-20(7-10-22(23)25)27-24(29)19-5-8-21(9-6-19)31-18-28-13-15-30-16-14-28/h5-10,17H,11-16,18H2,1-4H3,(H,27,29). The van der Waals surface area contributed by atoms with Gasteiger partial charge in [-0.05, 0) is 71.2 Å². The van der Waals surface area contributed by atoms with Gasteiger partial charge in [-0.25, -0.2) is 0 Å². The van der Waals surface area contributed by atoms with Crippen LogP contribution in [0.5, 0.6) is 5.75 Å². The zero-order valence-electron chi connectivity index (χ0n) is 19.2. The number of anilines is 1. The zero-order valence-corrected chi connectivity index (χ0v) is 19.2. The highest BCUT2D eigenvalue weighted by molar-refractivity contribution is 6.04. The Kier molecular flexibility index (Phi) is 6.09. The molecule has 1 N–H and O–H groups in total. The van der Waals surface area contributed by atoms with Crippen LogP contribution in [0.15, 0.2) is 42.5 Å². The molecule has 1 aliphatic heterocycles. The van der Waals surface area contributed by atoms with E-state index in [4.69, 9.17) is 9.47 Å². The number of amides is 1. The van der Waals surface area contributed by atoms with Crippen LogP contribution in [-0.2, 0) is 15.6 Å². The third-order valence-corrected chi connectivity index (χ3v) is 6.74. The first-order valence-corrected chi connectivity index (χ1v) is 11.2. The molecule has 31 heavy (non-hydrogen) atoms. The predicted octanol–water partition coefficient (Wildman–Crippen LogP) is 4.96. The monoisotopic (exact) mass is 422 g/mol. The van der Waals surface area contributed by atoms with Gasteiger partial charge in [-0.1, -0.05) is 33.8 Å². The number of carbonyl (C=O) groups is 1. The normalized spacial score (nSPS) is 20.0. The SMILES string of the molecule is CC1(C)CCC(C)(C)c2cc(NC(=O)c3ccc(OCN4CCOCC4)cc3)ccc21. The van der Waals surface area contributed by atoms with Gasteiger partial charge in [0.25, 0.3) is 5.91 Å². The van der Waals surface area contributed by atoms with E-state index < -0.39 is 0 Å². The molecule has 4 rings (SSSR count). The Bertz CT molecular complexity index is 928. The summed E-state index contributed by atoms with van der Waals surface area (Å²) in [6, 6.07) is 13.7. The summed E-state index contributed by atoms with van der Waals surface area (Å²) in [6.45, 7) is 13.0. The Labute approximate surface area is 185 Å². The van der Waals surface area contributed by atoms with E-state index in [1.807, 2.05) is 30.3 Å². The molecule has 0 bridgehead atoms. The number of carbonyl (C=O) groups excluding carboxylic acids is 1. The van der Waals surface area contributed by atoms with Gasteiger partial charge < -0.3 is 14.8 Å². The Hall–Kier alpha value is -2.37. The fourth-order valence-electron chi connectivity index (χ4n) is 4.47. The molecule has 5 heteroatoms. The third kappa shape index (κ3) is 4.94. The van der Waals surface area contributed by atoms with Gasteiger partial charge >= 0.3 is 0 Å². The van der Waals surface area contributed by atoms with Crippen LogP contribution in [0.2, 0.25) is 0 Å². The minimum atomic E-state index is -0.104. The number of benzene rings is 2. The van der Waals surface area contributed by atoms with Gasteiger partial charge in [-0.15, -0.1) is 0 Å². The van der Waals surface area contributed by atoms with Crippen molar-refractivity contribution in [2.75, 3.05) is 38.4 Å². The maximum absolute atomic E-state index is 12.8. The van der Waals surface area contributed by atoms with Gasteiger partial charge in [0.05, 0.1) is 13.2 Å². The van der Waals surface area contributed by atoms with Crippen LogP contribution >= 0.6 is 0 Å². The van der Waals surface area contributed by atoms with Crippen molar-refractivity contribution in [2.45, 2.75) is 51.4 Å². The van der Waals surface area contributed by atoms with Crippen LogP contribution in [0.25, 0.3) is 0 Å². The molecule has 0 spiro atoms. The summed E-state index contributed by atoms with van der Waals surface area (Å²) < 4.78 is 11.2. The summed E-state index contributed by atoms with van der Waals surface area (Å²) in [6.07, 6.45) is 2.33. The number of hydrogen-bond donors (Lipinski definition) is 1. The summed E-state index contributed by atoms with van der Waals surface area (Å²) >= 11 is 0. The van der Waals surface area contributed by atoms with Crippen LogP contribution in [0.4, 0.5) is 5.69 Å². The predicted molar refractivity (Wildman–Crippen MR) is 124 cm³/mol. The third-order valence-electron chi connectivity index (χ3n) is 6.74. The molecule has 2 aromatic rings. The maximum atomic E-state index is 12.8. The van der Waals surface area contributed by atoms with Gasteiger partial charge in [0.15, 0.2) is 0 Å². The summed E-state index contributed by atoms with van der Waals surface area (Å²) in [5.74, 6) is 0.661. The van der Waals surface area contributed by atoms with E-state index in [1.165, 1.54) is 17.5 Å². The van der Waals surface area contributed by atoms with Gasteiger partial charge in [-0.2, -0.15) is 0 Å². The molecule has 0 aromatic heterocycles. The van der Waals surface area contributed by atoms with E-state index in [-0.39, 0.29) is 16.7 Å². The molecule has 5 nitrogen and oxygen atoms in total. The van der Waals surface area contributed by atoms with Crippen molar-refractivity contribution in [1.29, 1.82) is 0 Å². The summed E-state index contributed by atoms with van der Waals surface area (Å²) in [7, 11) is 0. The molecule has 1 heterocycles. The number of nitrogens with zero attached hydrogens (tertiary/aromatic N) is 1. The lowest BCUT2D eigenvalue weighted by Gasteiger charge is -2.42. The zero-order chi connectivity index (χ0) is 22.1. The topological polar surface area (TPSA) is 50.8 Å². The lowest BCUT2D eigenvalue weighted by atomic mass is 9.63. The van der Waals surface area contributed by atoms with Crippen molar-refractivity contribution in [3.63, 3.8) is 0 Å². The highest BCUT2D eigenvalue weighted by atomic mass is 16.5. The Morgan fingerprint density at radius 3 is 2.29 bits per heavy atom. The first kappa shape index (κ1) is 21.8. The molecule has 0 unspecified atom stereocenters. The number of ether oxygens (including phenoxy) is 2. The van der Waals surface area contributed by atoms with Crippen molar-refractivity contribution in [3.8, 4) is 5.75 Å². The second-order valence-electron chi connectivity index (χ2n) is 10.0. The summed E-state index contributed by atoms with van der Waals surface area (Å²) in [5, 5.41) is 3.07. The lowest BCUT2D eigenvalue weighted by molar-refractivity contribution is 0.00407. The van der Waals surface area contributed by atoms with Gasteiger partial charge in [0.1, 0.15) is 12.5 Å². The van der Waals surface area contributed by atoms with Crippen LogP contribution < -0.4 is 10.1 Å². The van der Waals surface area contributed by atoms with Crippen molar-refractivity contribution in [3.05, 3.63) is 59.2 Å². The first-order valence-electron chi connectivity index (χ1n) is 11.2. The van der Waals surface area contributed by atoms with Crippen LogP contribution in [0.3, 0.4) is 0 Å². The van der Waals surface area contributed by atoms with E-state index in [1.54, 1.807) is 0 Å². The van der Waals surface area contributed by atoms with Gasteiger partial charge in [0.2, 0.25) is 0 Å². The fraction of sp³-hybridized carbons (Fsp3) is 0.500. The average Bonchev–Trinajstić information content (AvgIpc) is 2.77. The van der Waals surface area contributed by atoms with Crippen LogP contribution in [0, 0.1) is 0 Å². The molecule has 0 atom stereocenters. The number of rotatable bonds is 5. The van der Waals surface area contributed by atoms with Crippen LogP contribution in [0.1, 0.15) is 62.0 Å². The molecule has 1 amide bonds. The Morgan fingerprint density at radius 1 is 0.968 bits per heavy atom. The van der Waals surface area contributed by atoms with Crippen molar-refractivity contribution >= 4 is 11.6 Å². The molecule has 1 aliphatic carbocycles. The molecular formula is C26H34N2O3. The smallest absolute Gasteiger partial charge is 0.255 e. The van der Waals surface area contributed by atoms with Crippen molar-refractivity contribution < 1.29 is 14.3 Å². The second kappa shape index (κ2) is 8.64. The molecule has 1 saturated heterocycles. The van der Waals surface area contributed by atoms with E-state index in [2.05, 4.69) is 50.0 Å². The average molecular weight is 423 g/mol. The lowest BCUT2D eigenvalue weighted by Crippen LogP contribution is -2.38. The molecule has 0 radical (unpaired) electrons. The highest BCUT2D eigenvalue weighted by Gasteiger charge is 2.37. The number of nitrogens with one attached hydrogen (secondary N) is 1. The Morgan fingerprint density at radius 2 is 1.61 bits per heavy atom. The minimum Gasteiger partial charge on any atom is -0.478 e. The molecular weight excluding hydrogens is 388 g/mol. The van der Waals surface area contributed by atoms with Crippen molar-refractivity contribution in [2.24, 2.45) is 0 Å². The van der Waals surface area contributed by atoms with Crippen LogP contribution in [-0.4, -0.2) is 43.8 Å². The van der Waals surface area contributed by atoms with E-state index >= 15 is 0 Å². The largest absolute Gasteiger partial charge is 0.478 e.